The van der Waals surface area contributed by atoms with Gasteiger partial charge in [-0.1, -0.05) is 6.92 Å². The van der Waals surface area contributed by atoms with Gasteiger partial charge in [-0.05, 0) is 0 Å². The van der Waals surface area contributed by atoms with Gasteiger partial charge in [-0.2, -0.15) is 0 Å². The molecule has 1 aromatic carbocycles. The fourth-order valence-electron chi connectivity index (χ4n) is 6.03. The second kappa shape index (κ2) is 9.13. The molecule has 0 bridgehead atoms. The van der Waals surface area contributed by atoms with Crippen molar-refractivity contribution >= 4 is 24.6 Å². The van der Waals surface area contributed by atoms with Crippen molar-refractivity contribution in [2.45, 2.75) is 44.4 Å². The molecule has 0 spiro atoms. The Hall–Kier alpha value is -3.02. The van der Waals surface area contributed by atoms with Gasteiger partial charge in [-0.25, -0.2) is 0 Å². The average molecular weight is 499 g/mol. The summed E-state index contributed by atoms with van der Waals surface area (Å²) in [6.45, 7) is 2.73. The van der Waals surface area contributed by atoms with E-state index in [2.05, 4.69) is 12.8 Å². The van der Waals surface area contributed by atoms with Crippen molar-refractivity contribution in [1.29, 1.82) is 0 Å². The van der Waals surface area contributed by atoms with Gasteiger partial charge in [0.25, 0.3) is 0 Å². The number of primary amides is 1. The van der Waals surface area contributed by atoms with E-state index in [0.717, 1.165) is 6.42 Å². The summed E-state index contributed by atoms with van der Waals surface area (Å²) in [7, 11) is 7.00. The van der Waals surface area contributed by atoms with Crippen LogP contribution < -0.4 is 11.1 Å². The third-order valence-corrected chi connectivity index (χ3v) is 7.68. The van der Waals surface area contributed by atoms with Gasteiger partial charge < -0.3 is 0 Å². The number of nitrogens with one attached hydrogen (secondary N) is 1. The summed E-state index contributed by atoms with van der Waals surface area (Å²) >= 11 is 0. The molecule has 0 aliphatic heterocycles. The minimum atomic E-state index is -2.28. The molecule has 1 amide bonds. The fraction of sp³-hybridized carbons (Fsp3) is 0.480. The number of carbonyl (C=O) groups is 2. The maximum absolute atomic E-state index is 15.2. The number of allylic oxidation sites excluding steroid dienone is 1. The van der Waals surface area contributed by atoms with Crippen molar-refractivity contribution in [3.63, 3.8) is 0 Å². The molecule has 0 fully saturated rings. The number of carbonyl (C=O) groups excluding carboxylic acids is 2. The molecule has 0 aromatic heterocycles. The van der Waals surface area contributed by atoms with E-state index in [4.69, 9.17) is 5.73 Å². The Morgan fingerprint density at radius 3 is 2.58 bits per heavy atom. The van der Waals surface area contributed by atoms with E-state index in [-0.39, 0.29) is 58.6 Å². The molecule has 0 radical (unpaired) electrons. The van der Waals surface area contributed by atoms with Crippen molar-refractivity contribution in [1.82, 2.24) is 10.2 Å². The van der Waals surface area contributed by atoms with Crippen LogP contribution >= 0.6 is 0 Å². The number of aromatic hydroxyl groups is 1. The van der Waals surface area contributed by atoms with E-state index in [9.17, 15) is 30.0 Å². The number of aliphatic hydroxyl groups excluding tert-OH is 2. The van der Waals surface area contributed by atoms with E-state index in [1.807, 2.05) is 6.92 Å². The topological polar surface area (TPSA) is 156 Å². The third kappa shape index (κ3) is 3.60. The second-order valence-corrected chi connectivity index (χ2v) is 10.0. The molecule has 192 valence electrons. The maximum atomic E-state index is 15.2. The molecule has 11 heteroatoms. The molecule has 0 saturated heterocycles. The van der Waals surface area contributed by atoms with Gasteiger partial charge >= 0.3 is 202 Å². The van der Waals surface area contributed by atoms with Gasteiger partial charge in [0.05, 0.1) is 0 Å². The molecule has 0 saturated carbocycles. The van der Waals surface area contributed by atoms with Gasteiger partial charge in [0.1, 0.15) is 0 Å². The fourth-order valence-corrected chi connectivity index (χ4v) is 6.03. The number of phenolic OH excluding ortho intramolecular Hbond substituents is 1. The number of nitrogens with two attached hydrogens (primary N) is 1. The number of rotatable bonds is 6. The number of nitrogens with zero attached hydrogens (tertiary/aromatic N) is 1. The molecular formula is C25H31BFN3O6. The number of halogens is 1. The zero-order valence-corrected chi connectivity index (χ0v) is 20.6. The normalized spacial score (nSPS) is 27.8. The quantitative estimate of drug-likeness (QED) is 0.241. The minimum absolute atomic E-state index is 0.00507. The Bertz CT molecular complexity index is 1240. The number of hydrogen-bond acceptors (Lipinski definition) is 8. The monoisotopic (exact) mass is 499 g/mol. The number of ketones is 1. The van der Waals surface area contributed by atoms with E-state index >= 15 is 4.39 Å². The third-order valence-electron chi connectivity index (χ3n) is 7.68. The first-order valence-corrected chi connectivity index (χ1v) is 11.9. The van der Waals surface area contributed by atoms with Gasteiger partial charge in [-0.3, -0.25) is 0 Å². The van der Waals surface area contributed by atoms with Gasteiger partial charge in [0, 0.05) is 0 Å². The molecule has 3 aliphatic carbocycles. The van der Waals surface area contributed by atoms with E-state index < -0.39 is 52.3 Å². The number of likely N-dealkylation sites (N-methyl/N-ethyl adjacent to an activating group) is 1. The molecule has 3 aliphatic rings. The molecule has 0 unspecified atom stereocenters. The van der Waals surface area contributed by atoms with Gasteiger partial charge in [-0.15, -0.1) is 0 Å². The summed E-state index contributed by atoms with van der Waals surface area (Å²) in [5, 5.41) is 48.1. The molecular weight excluding hydrogens is 468 g/mol. The predicted octanol–water partition coefficient (Wildman–Crippen LogP) is 0.263. The number of fused-ring (bicyclic) bond motifs is 3. The Morgan fingerprint density at radius 1 is 1.33 bits per heavy atom. The summed E-state index contributed by atoms with van der Waals surface area (Å²) in [6.07, 6.45) is 0.887. The molecule has 7 N–H and O–H groups in total. The zero-order valence-electron chi connectivity index (χ0n) is 20.6. The summed E-state index contributed by atoms with van der Waals surface area (Å²) < 4.78 is 15.2. The zero-order chi connectivity index (χ0) is 26.7. The van der Waals surface area contributed by atoms with E-state index in [1.165, 1.54) is 6.07 Å². The van der Waals surface area contributed by atoms with Crippen LogP contribution in [0.15, 0.2) is 28.7 Å². The Balaban J connectivity index is 1.89. The van der Waals surface area contributed by atoms with Crippen molar-refractivity contribution in [2.75, 3.05) is 20.6 Å². The molecule has 1 aromatic rings. The van der Waals surface area contributed by atoms with Crippen LogP contribution in [0.1, 0.15) is 41.3 Å². The van der Waals surface area contributed by atoms with Crippen LogP contribution in [0.5, 0.6) is 5.75 Å². The number of amides is 1. The van der Waals surface area contributed by atoms with E-state index in [0.29, 0.717) is 6.54 Å². The second-order valence-electron chi connectivity index (χ2n) is 10.0. The van der Waals surface area contributed by atoms with Crippen LogP contribution in [0, 0.1) is 17.7 Å². The van der Waals surface area contributed by atoms with Crippen LogP contribution in [0.25, 0.3) is 0 Å². The van der Waals surface area contributed by atoms with Crippen LogP contribution in [0.4, 0.5) is 4.39 Å². The molecule has 9 nitrogen and oxygen atoms in total. The summed E-state index contributed by atoms with van der Waals surface area (Å²) in [4.78, 5) is 27.4. The molecule has 0 heterocycles. The SMILES string of the molecule is B=C1C(C(N)=O)=C(O)[C@@H](N(C)C)[C@@H]2C[C@@H]3Cc4c(F)cc(CNCCC)c(O)c4C(=O)C3=C(O)[C@]12O. The van der Waals surface area contributed by atoms with Gasteiger partial charge in [0.15, 0.2) is 0 Å². The number of phenols is 1. The summed E-state index contributed by atoms with van der Waals surface area (Å²) in [5.74, 6) is -5.59. The predicted molar refractivity (Wildman–Crippen MR) is 133 cm³/mol. The van der Waals surface area contributed by atoms with Crippen molar-refractivity contribution in [3.8, 4) is 5.75 Å². The van der Waals surface area contributed by atoms with Crippen molar-refractivity contribution in [2.24, 2.45) is 17.6 Å². The Kier molecular flexibility index (Phi) is 6.61. The first kappa shape index (κ1) is 26.1. The van der Waals surface area contributed by atoms with Crippen molar-refractivity contribution in [3.05, 3.63) is 51.2 Å². The van der Waals surface area contributed by atoms with Crippen molar-refractivity contribution < 1.29 is 34.4 Å². The van der Waals surface area contributed by atoms with E-state index in [1.54, 1.807) is 19.0 Å². The number of hydrogen-bond donors (Lipinski definition) is 6. The number of aliphatic hydroxyl groups is 3. The Morgan fingerprint density at radius 2 is 2.00 bits per heavy atom. The number of benzene rings is 1. The molecule has 4 atom stereocenters. The molecule has 4 rings (SSSR count). The van der Waals surface area contributed by atoms with Gasteiger partial charge in [0.2, 0.25) is 0 Å². The Labute approximate surface area is 209 Å². The standard InChI is InChI=1S/C25H31BFN3O6/c1-4-5-29-9-11-8-14(27)12-6-10-7-13-18(30(2)3)21(33)17(24(28)35)22(26)25(13,36)23(34)15(10)20(32)16(12)19(11)31/h8,10,13,18,26,29,31,33-34,36H,4-7,9H2,1-3H3,(H2,28,35)/t10-,13-,18-,25+/m0/s1. The first-order valence-electron chi connectivity index (χ1n) is 11.9. The number of Topliss-reactive ketones (excluding diaryl/α,β-unsaturated/α-hetero) is 1. The van der Waals surface area contributed by atoms with Crippen LogP contribution in [0.3, 0.4) is 0 Å². The average Bonchev–Trinajstić information content (AvgIpc) is 2.79. The van der Waals surface area contributed by atoms with Crippen LogP contribution in [0.2, 0.25) is 0 Å². The summed E-state index contributed by atoms with van der Waals surface area (Å²) in [5.41, 5.74) is 2.29. The first-order chi connectivity index (χ1) is 16.9. The van der Waals surface area contributed by atoms with Crippen LogP contribution in [-0.2, 0) is 17.8 Å². The summed E-state index contributed by atoms with van der Waals surface area (Å²) in [6, 6.07) is 0.268. The molecule has 36 heavy (non-hydrogen) atoms. The van der Waals surface area contributed by atoms with Crippen LogP contribution in [-0.4, -0.2) is 82.3 Å².